The zero-order valence-electron chi connectivity index (χ0n) is 11.3. The maximum Gasteiger partial charge on any atom is 0.321 e. The Balaban J connectivity index is 2.40. The highest BCUT2D eigenvalue weighted by Gasteiger charge is 2.14. The molecule has 1 aromatic rings. The molecule has 1 atom stereocenters. The first-order valence-corrected chi connectivity index (χ1v) is 6.89. The van der Waals surface area contributed by atoms with Gasteiger partial charge in [-0.05, 0) is 37.6 Å². The predicted molar refractivity (Wildman–Crippen MR) is 80.2 cm³/mol. The second-order valence-corrected chi connectivity index (χ2v) is 5.07. The van der Waals surface area contributed by atoms with Gasteiger partial charge in [-0.15, -0.1) is 0 Å². The maximum atomic E-state index is 11.6. The molecule has 0 radical (unpaired) electrons. The summed E-state index contributed by atoms with van der Waals surface area (Å²) < 4.78 is 0. The van der Waals surface area contributed by atoms with E-state index in [9.17, 15) is 9.59 Å². The standard InChI is InChI=1S/C13H17Cl2N3O2/c1-8(12(19)18-13(20)16-2)17-6-5-9-3-4-10(14)7-11(9)15/h3-4,7-8,17H,5-6H2,1-2H3,(H2,16,18,19,20). The molecule has 5 nitrogen and oxygen atoms in total. The number of carbonyl (C=O) groups excluding carboxylic acids is 2. The molecule has 0 aromatic heterocycles. The van der Waals surface area contributed by atoms with Gasteiger partial charge in [0.2, 0.25) is 5.91 Å². The van der Waals surface area contributed by atoms with Gasteiger partial charge in [0, 0.05) is 17.1 Å². The molecular weight excluding hydrogens is 301 g/mol. The molecule has 0 aliphatic heterocycles. The number of amides is 3. The lowest BCUT2D eigenvalue weighted by atomic mass is 10.1. The zero-order chi connectivity index (χ0) is 15.1. The van der Waals surface area contributed by atoms with Crippen LogP contribution in [0.5, 0.6) is 0 Å². The lowest BCUT2D eigenvalue weighted by molar-refractivity contribution is -0.121. The molecule has 0 fully saturated rings. The van der Waals surface area contributed by atoms with Gasteiger partial charge in [-0.1, -0.05) is 29.3 Å². The highest BCUT2D eigenvalue weighted by Crippen LogP contribution is 2.21. The van der Waals surface area contributed by atoms with E-state index in [1.54, 1.807) is 19.1 Å². The molecular formula is C13H17Cl2N3O2. The van der Waals surface area contributed by atoms with E-state index >= 15 is 0 Å². The van der Waals surface area contributed by atoms with Gasteiger partial charge in [0.1, 0.15) is 0 Å². The lowest BCUT2D eigenvalue weighted by Crippen LogP contribution is -2.47. The quantitative estimate of drug-likeness (QED) is 0.777. The minimum Gasteiger partial charge on any atom is -0.341 e. The molecule has 0 saturated carbocycles. The normalized spacial score (nSPS) is 11.8. The van der Waals surface area contributed by atoms with Crippen LogP contribution in [0.4, 0.5) is 4.79 Å². The summed E-state index contributed by atoms with van der Waals surface area (Å²) in [7, 11) is 1.45. The average molecular weight is 318 g/mol. The largest absolute Gasteiger partial charge is 0.341 e. The molecule has 1 unspecified atom stereocenters. The molecule has 0 saturated heterocycles. The third-order valence-electron chi connectivity index (χ3n) is 2.72. The molecule has 110 valence electrons. The van der Waals surface area contributed by atoms with Crippen molar-refractivity contribution in [2.45, 2.75) is 19.4 Å². The number of hydrogen-bond acceptors (Lipinski definition) is 3. The summed E-state index contributed by atoms with van der Waals surface area (Å²) in [6, 6.07) is 4.30. The van der Waals surface area contributed by atoms with Gasteiger partial charge < -0.3 is 10.6 Å². The molecule has 0 heterocycles. The summed E-state index contributed by atoms with van der Waals surface area (Å²) in [4.78, 5) is 22.6. The van der Waals surface area contributed by atoms with Gasteiger partial charge in [-0.25, -0.2) is 4.79 Å². The van der Waals surface area contributed by atoms with Crippen LogP contribution in [0.1, 0.15) is 12.5 Å². The van der Waals surface area contributed by atoms with Gasteiger partial charge in [0.25, 0.3) is 0 Å². The van der Waals surface area contributed by atoms with E-state index in [4.69, 9.17) is 23.2 Å². The van der Waals surface area contributed by atoms with E-state index in [1.807, 2.05) is 6.07 Å². The fourth-order valence-corrected chi connectivity index (χ4v) is 2.03. The molecule has 1 rings (SSSR count). The molecule has 20 heavy (non-hydrogen) atoms. The van der Waals surface area contributed by atoms with Crippen LogP contribution >= 0.6 is 23.2 Å². The Kier molecular flexibility index (Phi) is 6.78. The first-order chi connectivity index (χ1) is 9.43. The van der Waals surface area contributed by atoms with Crippen molar-refractivity contribution < 1.29 is 9.59 Å². The van der Waals surface area contributed by atoms with E-state index < -0.39 is 12.1 Å². The molecule has 7 heteroatoms. The number of carbonyl (C=O) groups is 2. The number of halogens is 2. The van der Waals surface area contributed by atoms with E-state index in [1.165, 1.54) is 7.05 Å². The summed E-state index contributed by atoms with van der Waals surface area (Å²) in [5.74, 6) is -0.383. The van der Waals surface area contributed by atoms with Crippen molar-refractivity contribution >= 4 is 35.1 Å². The number of urea groups is 1. The summed E-state index contributed by atoms with van der Waals surface area (Å²) in [5.41, 5.74) is 0.947. The Morgan fingerprint density at radius 1 is 1.30 bits per heavy atom. The Hall–Kier alpha value is -1.30. The van der Waals surface area contributed by atoms with Crippen LogP contribution in [-0.4, -0.2) is 31.6 Å². The summed E-state index contributed by atoms with van der Waals surface area (Å²) in [6.07, 6.45) is 0.660. The van der Waals surface area contributed by atoms with Crippen LogP contribution in [-0.2, 0) is 11.2 Å². The van der Waals surface area contributed by atoms with Crippen molar-refractivity contribution in [1.29, 1.82) is 0 Å². The summed E-state index contributed by atoms with van der Waals surface area (Å²) >= 11 is 11.9. The van der Waals surface area contributed by atoms with Crippen LogP contribution in [0.15, 0.2) is 18.2 Å². The smallest absolute Gasteiger partial charge is 0.321 e. The average Bonchev–Trinajstić information content (AvgIpc) is 2.40. The van der Waals surface area contributed by atoms with Crippen LogP contribution < -0.4 is 16.0 Å². The number of hydrogen-bond donors (Lipinski definition) is 3. The van der Waals surface area contributed by atoms with Crippen molar-refractivity contribution in [2.75, 3.05) is 13.6 Å². The lowest BCUT2D eigenvalue weighted by Gasteiger charge is -2.13. The zero-order valence-corrected chi connectivity index (χ0v) is 12.8. The summed E-state index contributed by atoms with van der Waals surface area (Å²) in [6.45, 7) is 2.24. The molecule has 0 aliphatic carbocycles. The topological polar surface area (TPSA) is 70.2 Å². The Labute approximate surface area is 128 Å². The molecule has 0 aliphatic rings. The Morgan fingerprint density at radius 3 is 2.60 bits per heavy atom. The summed E-state index contributed by atoms with van der Waals surface area (Å²) in [5, 5.41) is 8.72. The van der Waals surface area contributed by atoms with Crippen LogP contribution in [0, 0.1) is 0 Å². The van der Waals surface area contributed by atoms with Crippen molar-refractivity contribution in [2.24, 2.45) is 0 Å². The van der Waals surface area contributed by atoms with Crippen molar-refractivity contribution in [3.63, 3.8) is 0 Å². The first kappa shape index (κ1) is 16.8. The van der Waals surface area contributed by atoms with E-state index in [0.29, 0.717) is 23.0 Å². The highest BCUT2D eigenvalue weighted by atomic mass is 35.5. The van der Waals surface area contributed by atoms with Gasteiger partial charge in [-0.2, -0.15) is 0 Å². The van der Waals surface area contributed by atoms with Crippen molar-refractivity contribution in [1.82, 2.24) is 16.0 Å². The Bertz CT molecular complexity index is 495. The van der Waals surface area contributed by atoms with E-state index in [-0.39, 0.29) is 5.91 Å². The second-order valence-electron chi connectivity index (χ2n) is 4.23. The SMILES string of the molecule is CNC(=O)NC(=O)C(C)NCCc1ccc(Cl)cc1Cl. The molecule has 3 N–H and O–H groups in total. The highest BCUT2D eigenvalue weighted by molar-refractivity contribution is 6.35. The van der Waals surface area contributed by atoms with Crippen molar-refractivity contribution in [3.05, 3.63) is 33.8 Å². The van der Waals surface area contributed by atoms with Crippen molar-refractivity contribution in [3.8, 4) is 0 Å². The van der Waals surface area contributed by atoms with Gasteiger partial charge in [-0.3, -0.25) is 10.1 Å². The number of nitrogens with one attached hydrogen (secondary N) is 3. The van der Waals surface area contributed by atoms with Gasteiger partial charge in [0.05, 0.1) is 6.04 Å². The molecule has 1 aromatic carbocycles. The minimum atomic E-state index is -0.524. The van der Waals surface area contributed by atoms with Crippen LogP contribution in [0.2, 0.25) is 10.0 Å². The van der Waals surface area contributed by atoms with Crippen LogP contribution in [0.3, 0.4) is 0 Å². The van der Waals surface area contributed by atoms with E-state index in [0.717, 1.165) is 5.56 Å². The number of benzene rings is 1. The maximum absolute atomic E-state index is 11.6. The van der Waals surface area contributed by atoms with Crippen LogP contribution in [0.25, 0.3) is 0 Å². The molecule has 3 amide bonds. The van der Waals surface area contributed by atoms with E-state index in [2.05, 4.69) is 16.0 Å². The third kappa shape index (κ3) is 5.36. The fraction of sp³-hybridized carbons (Fsp3) is 0.385. The number of rotatable bonds is 5. The molecule has 0 bridgehead atoms. The Morgan fingerprint density at radius 2 is 2.00 bits per heavy atom. The number of imide groups is 1. The monoisotopic (exact) mass is 317 g/mol. The third-order valence-corrected chi connectivity index (χ3v) is 3.30. The second kappa shape index (κ2) is 8.09. The minimum absolute atomic E-state index is 0.383. The fourth-order valence-electron chi connectivity index (χ4n) is 1.52. The van der Waals surface area contributed by atoms with Gasteiger partial charge >= 0.3 is 6.03 Å². The first-order valence-electron chi connectivity index (χ1n) is 6.14. The van der Waals surface area contributed by atoms with Gasteiger partial charge in [0.15, 0.2) is 0 Å². The predicted octanol–water partition coefficient (Wildman–Crippen LogP) is 1.97. The molecule has 0 spiro atoms.